The Hall–Kier alpha value is -1.74. The maximum absolute atomic E-state index is 13.4. The van der Waals surface area contributed by atoms with E-state index in [-0.39, 0.29) is 34.4 Å². The van der Waals surface area contributed by atoms with Gasteiger partial charge in [-0.25, -0.2) is 4.39 Å². The van der Waals surface area contributed by atoms with Crippen LogP contribution in [0.3, 0.4) is 0 Å². The van der Waals surface area contributed by atoms with Crippen molar-refractivity contribution in [2.24, 2.45) is 5.73 Å². The highest BCUT2D eigenvalue weighted by molar-refractivity contribution is 7.13. The first kappa shape index (κ1) is 13.7. The van der Waals surface area contributed by atoms with Crippen LogP contribution in [0.4, 0.5) is 17.6 Å². The van der Waals surface area contributed by atoms with Gasteiger partial charge >= 0.3 is 6.18 Å². The molecular weight excluding hydrogens is 286 g/mol. The maximum Gasteiger partial charge on any atom is 0.445 e. The highest BCUT2D eigenvalue weighted by atomic mass is 32.1. The van der Waals surface area contributed by atoms with Gasteiger partial charge in [-0.2, -0.15) is 13.2 Å². The molecule has 0 fully saturated rings. The molecule has 9 heteroatoms. The average molecular weight is 293 g/mol. The highest BCUT2D eigenvalue weighted by Gasteiger charge is 2.36. The standard InChI is InChI=1S/C10H7F4N3OS/c11-6-2-1-3-7(5(6)4-15)18-9-17-16-8(19-9)10(12,13)14/h1-3H,4,15H2. The maximum atomic E-state index is 13.4. The zero-order valence-corrected chi connectivity index (χ0v) is 10.1. The number of nitrogens with two attached hydrogens (primary N) is 1. The van der Waals surface area contributed by atoms with E-state index in [9.17, 15) is 17.6 Å². The summed E-state index contributed by atoms with van der Waals surface area (Å²) in [4.78, 5) is 0. The van der Waals surface area contributed by atoms with Crippen LogP contribution in [0.25, 0.3) is 0 Å². The van der Waals surface area contributed by atoms with Gasteiger partial charge in [-0.05, 0) is 12.1 Å². The number of aromatic nitrogens is 2. The van der Waals surface area contributed by atoms with E-state index in [1.165, 1.54) is 18.2 Å². The van der Waals surface area contributed by atoms with E-state index in [2.05, 4.69) is 10.2 Å². The van der Waals surface area contributed by atoms with E-state index in [1.54, 1.807) is 0 Å². The molecule has 102 valence electrons. The van der Waals surface area contributed by atoms with Crippen molar-refractivity contribution in [3.63, 3.8) is 0 Å². The van der Waals surface area contributed by atoms with Gasteiger partial charge in [-0.3, -0.25) is 0 Å². The van der Waals surface area contributed by atoms with E-state index in [0.717, 1.165) is 0 Å². The Labute approximate surface area is 108 Å². The third kappa shape index (κ3) is 2.99. The van der Waals surface area contributed by atoms with Crippen LogP contribution in [0, 0.1) is 5.82 Å². The zero-order chi connectivity index (χ0) is 14.0. The molecule has 0 aliphatic heterocycles. The molecule has 0 amide bonds. The lowest BCUT2D eigenvalue weighted by atomic mass is 10.2. The van der Waals surface area contributed by atoms with Crippen LogP contribution >= 0.6 is 11.3 Å². The monoisotopic (exact) mass is 293 g/mol. The molecular formula is C10H7F4N3OS. The number of halogens is 4. The summed E-state index contributed by atoms with van der Waals surface area (Å²) in [6, 6.07) is 3.92. The molecule has 2 rings (SSSR count). The van der Waals surface area contributed by atoms with Gasteiger partial charge in [0.25, 0.3) is 5.19 Å². The number of benzene rings is 1. The molecule has 0 saturated carbocycles. The normalized spacial score (nSPS) is 11.6. The van der Waals surface area contributed by atoms with Gasteiger partial charge in [0.05, 0.1) is 0 Å². The Bertz CT molecular complexity index is 584. The van der Waals surface area contributed by atoms with Crippen molar-refractivity contribution >= 4 is 11.3 Å². The van der Waals surface area contributed by atoms with Crippen LogP contribution in [0.1, 0.15) is 10.6 Å². The molecule has 0 aliphatic rings. The Kier molecular flexibility index (Phi) is 3.67. The van der Waals surface area contributed by atoms with Gasteiger partial charge < -0.3 is 10.5 Å². The second-order valence-corrected chi connectivity index (χ2v) is 4.33. The van der Waals surface area contributed by atoms with E-state index in [0.29, 0.717) is 0 Å². The molecule has 0 unspecified atom stereocenters. The Morgan fingerprint density at radius 3 is 2.58 bits per heavy atom. The van der Waals surface area contributed by atoms with Gasteiger partial charge in [-0.15, -0.1) is 5.10 Å². The predicted molar refractivity (Wildman–Crippen MR) is 59.3 cm³/mol. The lowest BCUT2D eigenvalue weighted by molar-refractivity contribution is -0.138. The summed E-state index contributed by atoms with van der Waals surface area (Å²) in [6.45, 7) is -0.146. The smallest absolute Gasteiger partial charge is 0.429 e. The third-order valence-corrected chi connectivity index (χ3v) is 2.97. The van der Waals surface area contributed by atoms with E-state index >= 15 is 0 Å². The van der Waals surface area contributed by atoms with Crippen LogP contribution in [-0.4, -0.2) is 10.2 Å². The van der Waals surface area contributed by atoms with Gasteiger partial charge in [0.2, 0.25) is 5.01 Å². The Morgan fingerprint density at radius 2 is 2.00 bits per heavy atom. The van der Waals surface area contributed by atoms with Gasteiger partial charge in [-0.1, -0.05) is 22.5 Å². The van der Waals surface area contributed by atoms with Crippen molar-refractivity contribution in [1.82, 2.24) is 10.2 Å². The fourth-order valence-electron chi connectivity index (χ4n) is 1.29. The van der Waals surface area contributed by atoms with E-state index < -0.39 is 17.0 Å². The molecule has 0 radical (unpaired) electrons. The molecule has 0 atom stereocenters. The molecule has 19 heavy (non-hydrogen) atoms. The largest absolute Gasteiger partial charge is 0.445 e. The number of hydrogen-bond acceptors (Lipinski definition) is 5. The van der Waals surface area contributed by atoms with Crippen molar-refractivity contribution in [3.05, 3.63) is 34.6 Å². The Morgan fingerprint density at radius 1 is 1.26 bits per heavy atom. The minimum atomic E-state index is -4.59. The average Bonchev–Trinajstić information content (AvgIpc) is 2.77. The summed E-state index contributed by atoms with van der Waals surface area (Å²) < 4.78 is 55.4. The molecule has 1 aromatic carbocycles. The molecule has 2 N–H and O–H groups in total. The lowest BCUT2D eigenvalue weighted by Crippen LogP contribution is -2.03. The summed E-state index contributed by atoms with van der Waals surface area (Å²) in [5.74, 6) is -0.576. The van der Waals surface area contributed by atoms with Crippen LogP contribution in [0.2, 0.25) is 0 Å². The molecule has 0 bridgehead atoms. The summed E-state index contributed by atoms with van der Waals surface area (Å²) in [6.07, 6.45) is -4.59. The number of hydrogen-bond donors (Lipinski definition) is 1. The van der Waals surface area contributed by atoms with Crippen LogP contribution in [0.5, 0.6) is 10.9 Å². The second kappa shape index (κ2) is 5.10. The quantitative estimate of drug-likeness (QED) is 0.884. The highest BCUT2D eigenvalue weighted by Crippen LogP contribution is 2.36. The number of nitrogens with zero attached hydrogens (tertiary/aromatic N) is 2. The fourth-order valence-corrected chi connectivity index (χ4v) is 1.87. The number of rotatable bonds is 3. The summed E-state index contributed by atoms with van der Waals surface area (Å²) >= 11 is 0.227. The first-order chi connectivity index (χ1) is 8.91. The number of alkyl halides is 3. The van der Waals surface area contributed by atoms with Crippen molar-refractivity contribution < 1.29 is 22.3 Å². The molecule has 2 aromatic rings. The minimum Gasteiger partial charge on any atom is -0.429 e. The van der Waals surface area contributed by atoms with Gasteiger partial charge in [0.15, 0.2) is 0 Å². The topological polar surface area (TPSA) is 61.0 Å². The fraction of sp³-hybridized carbons (Fsp3) is 0.200. The van der Waals surface area contributed by atoms with Crippen LogP contribution in [-0.2, 0) is 12.7 Å². The molecule has 0 aliphatic carbocycles. The third-order valence-electron chi connectivity index (χ3n) is 2.13. The van der Waals surface area contributed by atoms with Crippen molar-refractivity contribution in [2.45, 2.75) is 12.7 Å². The predicted octanol–water partition coefficient (Wildman–Crippen LogP) is 2.95. The van der Waals surface area contributed by atoms with E-state index in [4.69, 9.17) is 10.5 Å². The lowest BCUT2D eigenvalue weighted by Gasteiger charge is -2.07. The van der Waals surface area contributed by atoms with Gasteiger partial charge in [0, 0.05) is 12.1 Å². The minimum absolute atomic E-state index is 0.0207. The second-order valence-electron chi connectivity index (χ2n) is 3.39. The molecule has 0 saturated heterocycles. The Balaban J connectivity index is 2.27. The zero-order valence-electron chi connectivity index (χ0n) is 9.24. The first-order valence-corrected chi connectivity index (χ1v) is 5.79. The SMILES string of the molecule is NCc1c(F)cccc1Oc1nnc(C(F)(F)F)s1. The summed E-state index contributed by atoms with van der Waals surface area (Å²) in [5.41, 5.74) is 5.41. The van der Waals surface area contributed by atoms with Crippen LogP contribution < -0.4 is 10.5 Å². The van der Waals surface area contributed by atoms with Crippen molar-refractivity contribution in [2.75, 3.05) is 0 Å². The summed E-state index contributed by atoms with van der Waals surface area (Å²) in [5, 5.41) is 4.74. The molecule has 0 spiro atoms. The van der Waals surface area contributed by atoms with Crippen molar-refractivity contribution in [3.8, 4) is 10.9 Å². The molecule has 1 aromatic heterocycles. The van der Waals surface area contributed by atoms with Gasteiger partial charge in [0.1, 0.15) is 11.6 Å². The molecule has 1 heterocycles. The van der Waals surface area contributed by atoms with Crippen molar-refractivity contribution in [1.29, 1.82) is 0 Å². The van der Waals surface area contributed by atoms with Crippen LogP contribution in [0.15, 0.2) is 18.2 Å². The molecule has 4 nitrogen and oxygen atoms in total. The number of ether oxygens (including phenoxy) is 1. The first-order valence-electron chi connectivity index (χ1n) is 4.98. The van der Waals surface area contributed by atoms with E-state index in [1.807, 2.05) is 0 Å². The summed E-state index contributed by atoms with van der Waals surface area (Å²) in [7, 11) is 0.